The molecule has 0 radical (unpaired) electrons. The minimum atomic E-state index is -0.00968. The van der Waals surface area contributed by atoms with Gasteiger partial charge in [0.25, 0.3) is 0 Å². The summed E-state index contributed by atoms with van der Waals surface area (Å²) in [7, 11) is 1.99. The number of aromatic hydroxyl groups is 1. The summed E-state index contributed by atoms with van der Waals surface area (Å²) in [5.74, 6) is 0.288. The van der Waals surface area contributed by atoms with Gasteiger partial charge in [0.1, 0.15) is 5.75 Å². The Morgan fingerprint density at radius 2 is 1.94 bits per heavy atom. The SMILES string of the molecule is Cn1cccc1C(N)Cc1ccc(O)cc1. The number of nitrogens with two attached hydrogens (primary N) is 1. The molecule has 0 aliphatic heterocycles. The van der Waals surface area contributed by atoms with E-state index in [9.17, 15) is 5.11 Å². The molecule has 0 saturated heterocycles. The van der Waals surface area contributed by atoms with Crippen LogP contribution in [-0.2, 0) is 13.5 Å². The van der Waals surface area contributed by atoms with Gasteiger partial charge in [0.2, 0.25) is 0 Å². The summed E-state index contributed by atoms with van der Waals surface area (Å²) in [5, 5.41) is 9.18. The number of hydrogen-bond acceptors (Lipinski definition) is 2. The molecule has 0 saturated carbocycles. The minimum absolute atomic E-state index is 0.00968. The Kier molecular flexibility index (Phi) is 2.97. The van der Waals surface area contributed by atoms with Crippen molar-refractivity contribution in [1.82, 2.24) is 4.57 Å². The van der Waals surface area contributed by atoms with Gasteiger partial charge in [0, 0.05) is 25.0 Å². The number of aryl methyl sites for hydroxylation is 1. The molecule has 1 heterocycles. The molecule has 1 unspecified atom stereocenters. The van der Waals surface area contributed by atoms with E-state index in [4.69, 9.17) is 5.73 Å². The van der Waals surface area contributed by atoms with E-state index < -0.39 is 0 Å². The standard InChI is InChI=1S/C13H16N2O/c1-15-8-2-3-13(15)12(14)9-10-4-6-11(16)7-5-10/h2-8,12,16H,9,14H2,1H3. The highest BCUT2D eigenvalue weighted by atomic mass is 16.3. The molecule has 0 spiro atoms. The molecule has 84 valence electrons. The highest BCUT2D eigenvalue weighted by molar-refractivity contribution is 5.27. The molecule has 0 amide bonds. The van der Waals surface area contributed by atoms with Crippen molar-refractivity contribution in [3.05, 3.63) is 53.9 Å². The molecule has 0 bridgehead atoms. The largest absolute Gasteiger partial charge is 0.508 e. The minimum Gasteiger partial charge on any atom is -0.508 e. The summed E-state index contributed by atoms with van der Waals surface area (Å²) in [5.41, 5.74) is 8.38. The summed E-state index contributed by atoms with van der Waals surface area (Å²) in [6, 6.07) is 11.2. The molecule has 2 aromatic rings. The fourth-order valence-corrected chi connectivity index (χ4v) is 1.85. The maximum absolute atomic E-state index is 9.18. The lowest BCUT2D eigenvalue weighted by Crippen LogP contribution is -2.16. The molecule has 0 aliphatic rings. The van der Waals surface area contributed by atoms with Gasteiger partial charge in [-0.25, -0.2) is 0 Å². The van der Waals surface area contributed by atoms with Crippen LogP contribution >= 0.6 is 0 Å². The molecule has 3 heteroatoms. The molecule has 3 nitrogen and oxygen atoms in total. The van der Waals surface area contributed by atoms with Crippen LogP contribution in [0, 0.1) is 0 Å². The number of aromatic nitrogens is 1. The predicted molar refractivity (Wildman–Crippen MR) is 64.2 cm³/mol. The van der Waals surface area contributed by atoms with Gasteiger partial charge in [-0.3, -0.25) is 0 Å². The zero-order chi connectivity index (χ0) is 11.5. The van der Waals surface area contributed by atoms with Crippen molar-refractivity contribution in [3.8, 4) is 5.75 Å². The van der Waals surface area contributed by atoms with Crippen LogP contribution in [0.4, 0.5) is 0 Å². The summed E-state index contributed by atoms with van der Waals surface area (Å²) < 4.78 is 2.03. The second kappa shape index (κ2) is 4.41. The molecule has 3 N–H and O–H groups in total. The first-order chi connectivity index (χ1) is 7.66. The fourth-order valence-electron chi connectivity index (χ4n) is 1.85. The van der Waals surface area contributed by atoms with E-state index in [1.807, 2.05) is 42.1 Å². The Morgan fingerprint density at radius 1 is 1.25 bits per heavy atom. The number of rotatable bonds is 3. The third-order valence-electron chi connectivity index (χ3n) is 2.76. The molecule has 0 aliphatic carbocycles. The first-order valence-corrected chi connectivity index (χ1v) is 5.31. The Balaban J connectivity index is 2.10. The van der Waals surface area contributed by atoms with E-state index in [-0.39, 0.29) is 11.8 Å². The predicted octanol–water partition coefficient (Wildman–Crippen LogP) is 1.97. The quantitative estimate of drug-likeness (QED) is 0.824. The third kappa shape index (κ3) is 2.25. The van der Waals surface area contributed by atoms with Gasteiger partial charge in [-0.1, -0.05) is 12.1 Å². The lowest BCUT2D eigenvalue weighted by Gasteiger charge is -2.13. The van der Waals surface area contributed by atoms with Gasteiger partial charge in [-0.15, -0.1) is 0 Å². The zero-order valence-electron chi connectivity index (χ0n) is 9.30. The van der Waals surface area contributed by atoms with E-state index in [2.05, 4.69) is 0 Å². The number of phenolic OH excluding ortho intramolecular Hbond substituents is 1. The van der Waals surface area contributed by atoms with Crippen LogP contribution in [0.3, 0.4) is 0 Å². The fraction of sp³-hybridized carbons (Fsp3) is 0.231. The van der Waals surface area contributed by atoms with E-state index in [0.29, 0.717) is 0 Å². The molecule has 1 aromatic carbocycles. The van der Waals surface area contributed by atoms with Crippen LogP contribution in [0.2, 0.25) is 0 Å². The van der Waals surface area contributed by atoms with Crippen molar-refractivity contribution in [2.75, 3.05) is 0 Å². The Bertz CT molecular complexity index is 459. The van der Waals surface area contributed by atoms with Gasteiger partial charge in [0.05, 0.1) is 0 Å². The Labute approximate surface area is 95.1 Å². The Morgan fingerprint density at radius 3 is 2.50 bits per heavy atom. The summed E-state index contributed by atoms with van der Waals surface area (Å²) in [6.45, 7) is 0. The number of benzene rings is 1. The first-order valence-electron chi connectivity index (χ1n) is 5.31. The van der Waals surface area contributed by atoms with Crippen LogP contribution in [0.15, 0.2) is 42.6 Å². The first kappa shape index (κ1) is 10.8. The van der Waals surface area contributed by atoms with E-state index in [1.165, 1.54) is 0 Å². The van der Waals surface area contributed by atoms with Crippen LogP contribution in [0.1, 0.15) is 17.3 Å². The molecule has 0 fully saturated rings. The normalized spacial score (nSPS) is 12.6. The summed E-state index contributed by atoms with van der Waals surface area (Å²) in [4.78, 5) is 0. The van der Waals surface area contributed by atoms with Gasteiger partial charge in [0.15, 0.2) is 0 Å². The van der Waals surface area contributed by atoms with Crippen LogP contribution in [-0.4, -0.2) is 9.67 Å². The van der Waals surface area contributed by atoms with Crippen molar-refractivity contribution in [1.29, 1.82) is 0 Å². The van der Waals surface area contributed by atoms with Crippen molar-refractivity contribution < 1.29 is 5.11 Å². The van der Waals surface area contributed by atoms with Crippen LogP contribution in [0.25, 0.3) is 0 Å². The molecule has 1 atom stereocenters. The van der Waals surface area contributed by atoms with Crippen molar-refractivity contribution in [2.24, 2.45) is 12.8 Å². The van der Waals surface area contributed by atoms with Crippen molar-refractivity contribution >= 4 is 0 Å². The summed E-state index contributed by atoms with van der Waals surface area (Å²) in [6.07, 6.45) is 2.77. The maximum atomic E-state index is 9.18. The van der Waals surface area contributed by atoms with Crippen LogP contribution < -0.4 is 5.73 Å². The topological polar surface area (TPSA) is 51.2 Å². The van der Waals surface area contributed by atoms with E-state index in [1.54, 1.807) is 12.1 Å². The maximum Gasteiger partial charge on any atom is 0.115 e. The van der Waals surface area contributed by atoms with Crippen molar-refractivity contribution in [2.45, 2.75) is 12.5 Å². The lowest BCUT2D eigenvalue weighted by molar-refractivity contribution is 0.475. The molecular weight excluding hydrogens is 200 g/mol. The number of hydrogen-bond donors (Lipinski definition) is 2. The van der Waals surface area contributed by atoms with Gasteiger partial charge < -0.3 is 15.4 Å². The molecular formula is C13H16N2O. The van der Waals surface area contributed by atoms with Gasteiger partial charge >= 0.3 is 0 Å². The lowest BCUT2D eigenvalue weighted by atomic mass is 10.0. The number of phenols is 1. The highest BCUT2D eigenvalue weighted by Crippen LogP contribution is 2.17. The molecule has 16 heavy (non-hydrogen) atoms. The van der Waals surface area contributed by atoms with Gasteiger partial charge in [-0.05, 0) is 36.2 Å². The van der Waals surface area contributed by atoms with Gasteiger partial charge in [-0.2, -0.15) is 0 Å². The van der Waals surface area contributed by atoms with E-state index >= 15 is 0 Å². The third-order valence-corrected chi connectivity index (χ3v) is 2.76. The van der Waals surface area contributed by atoms with Crippen molar-refractivity contribution in [3.63, 3.8) is 0 Å². The molecule has 2 rings (SSSR count). The average molecular weight is 216 g/mol. The monoisotopic (exact) mass is 216 g/mol. The molecule has 1 aromatic heterocycles. The zero-order valence-corrected chi connectivity index (χ0v) is 9.30. The van der Waals surface area contributed by atoms with E-state index in [0.717, 1.165) is 17.7 Å². The highest BCUT2D eigenvalue weighted by Gasteiger charge is 2.09. The summed E-state index contributed by atoms with van der Waals surface area (Å²) >= 11 is 0. The second-order valence-corrected chi connectivity index (χ2v) is 4.02. The second-order valence-electron chi connectivity index (χ2n) is 4.02. The average Bonchev–Trinajstić information content (AvgIpc) is 2.68. The smallest absolute Gasteiger partial charge is 0.115 e. The Hall–Kier alpha value is -1.74. The van der Waals surface area contributed by atoms with Crippen LogP contribution in [0.5, 0.6) is 5.75 Å². The number of nitrogens with zero attached hydrogens (tertiary/aromatic N) is 1.